The van der Waals surface area contributed by atoms with Crippen molar-refractivity contribution in [1.82, 2.24) is 10.2 Å². The predicted molar refractivity (Wildman–Crippen MR) is 57.5 cm³/mol. The maximum atomic E-state index is 5.14. The van der Waals surface area contributed by atoms with E-state index >= 15 is 0 Å². The molecule has 1 N–H and O–H groups in total. The average Bonchev–Trinajstić information content (AvgIpc) is 2.16. The maximum Gasteiger partial charge on any atom is 0.0643 e. The summed E-state index contributed by atoms with van der Waals surface area (Å²) in [5.41, 5.74) is 0. The Balaban J connectivity index is 1.62. The summed E-state index contributed by atoms with van der Waals surface area (Å²) in [7, 11) is 0. The van der Waals surface area contributed by atoms with Crippen molar-refractivity contribution in [2.45, 2.75) is 38.3 Å². The van der Waals surface area contributed by atoms with Crippen molar-refractivity contribution in [2.24, 2.45) is 0 Å². The van der Waals surface area contributed by atoms with Crippen LogP contribution in [-0.4, -0.2) is 49.8 Å². The van der Waals surface area contributed by atoms with E-state index in [-0.39, 0.29) is 0 Å². The molecule has 0 radical (unpaired) electrons. The van der Waals surface area contributed by atoms with E-state index in [2.05, 4.69) is 17.1 Å². The van der Waals surface area contributed by atoms with Crippen LogP contribution >= 0.6 is 0 Å². The molecule has 0 saturated carbocycles. The first kappa shape index (κ1) is 10.4. The maximum absolute atomic E-state index is 5.14. The summed E-state index contributed by atoms with van der Waals surface area (Å²) in [4.78, 5) is 2.61. The lowest BCUT2D eigenvalue weighted by molar-refractivity contribution is -0.00790. The van der Waals surface area contributed by atoms with Gasteiger partial charge < -0.3 is 10.1 Å². The molecule has 0 amide bonds. The number of hydrogen-bond acceptors (Lipinski definition) is 3. The van der Waals surface area contributed by atoms with Gasteiger partial charge in [-0.15, -0.1) is 0 Å². The van der Waals surface area contributed by atoms with Gasteiger partial charge in [0.1, 0.15) is 0 Å². The Morgan fingerprint density at radius 3 is 2.57 bits per heavy atom. The molecule has 0 bridgehead atoms. The molecule has 1 atom stereocenters. The molecule has 1 unspecified atom stereocenters. The third-order valence-corrected chi connectivity index (χ3v) is 3.35. The van der Waals surface area contributed by atoms with Crippen molar-refractivity contribution >= 4 is 0 Å². The highest BCUT2D eigenvalue weighted by Crippen LogP contribution is 2.11. The van der Waals surface area contributed by atoms with Crippen LogP contribution in [0, 0.1) is 0 Å². The first-order valence-corrected chi connectivity index (χ1v) is 5.91. The third kappa shape index (κ3) is 2.69. The molecular formula is C11H22N2O. The topological polar surface area (TPSA) is 24.5 Å². The van der Waals surface area contributed by atoms with Crippen LogP contribution < -0.4 is 5.32 Å². The molecule has 3 nitrogen and oxygen atoms in total. The van der Waals surface area contributed by atoms with E-state index in [1.54, 1.807) is 0 Å². The number of hydrogen-bond donors (Lipinski definition) is 1. The van der Waals surface area contributed by atoms with Crippen LogP contribution in [0.25, 0.3) is 0 Å². The minimum atomic E-state index is 0.627. The Hall–Kier alpha value is -0.120. The number of likely N-dealkylation sites (tertiary alicyclic amines) is 1. The van der Waals surface area contributed by atoms with Crippen LogP contribution in [0.2, 0.25) is 0 Å². The Morgan fingerprint density at radius 1 is 1.29 bits per heavy atom. The number of rotatable bonds is 4. The van der Waals surface area contributed by atoms with Crippen molar-refractivity contribution in [3.05, 3.63) is 0 Å². The molecule has 2 aliphatic rings. The molecule has 0 spiro atoms. The zero-order valence-electron chi connectivity index (χ0n) is 9.17. The summed E-state index contributed by atoms with van der Waals surface area (Å²) in [6.45, 7) is 7.86. The molecular weight excluding hydrogens is 176 g/mol. The zero-order chi connectivity index (χ0) is 9.80. The molecule has 82 valence electrons. The standard InChI is InChI=1S/C11H22N2O/c1-10(7-12-11-8-14-9-11)13-5-3-2-4-6-13/h10-12H,2-9H2,1H3. The zero-order valence-corrected chi connectivity index (χ0v) is 9.17. The number of ether oxygens (including phenoxy) is 1. The molecule has 2 aliphatic heterocycles. The van der Waals surface area contributed by atoms with Gasteiger partial charge >= 0.3 is 0 Å². The minimum absolute atomic E-state index is 0.627. The van der Waals surface area contributed by atoms with E-state index in [0.29, 0.717) is 12.1 Å². The summed E-state index contributed by atoms with van der Waals surface area (Å²) in [6, 6.07) is 1.32. The summed E-state index contributed by atoms with van der Waals surface area (Å²) >= 11 is 0. The van der Waals surface area contributed by atoms with Gasteiger partial charge in [-0.05, 0) is 32.9 Å². The summed E-state index contributed by atoms with van der Waals surface area (Å²) < 4.78 is 5.14. The fourth-order valence-corrected chi connectivity index (χ4v) is 2.18. The molecule has 2 fully saturated rings. The van der Waals surface area contributed by atoms with Crippen LogP contribution in [0.15, 0.2) is 0 Å². The fraction of sp³-hybridized carbons (Fsp3) is 1.00. The SMILES string of the molecule is CC(CNC1COC1)N1CCCCC1. The lowest BCUT2D eigenvalue weighted by Gasteiger charge is -2.35. The third-order valence-electron chi connectivity index (χ3n) is 3.35. The van der Waals surface area contributed by atoms with Gasteiger partial charge in [-0.3, -0.25) is 4.90 Å². The van der Waals surface area contributed by atoms with E-state index in [4.69, 9.17) is 4.74 Å². The molecule has 2 heterocycles. The van der Waals surface area contributed by atoms with Crippen molar-refractivity contribution in [3.8, 4) is 0 Å². The molecule has 2 rings (SSSR count). The van der Waals surface area contributed by atoms with Gasteiger partial charge in [-0.25, -0.2) is 0 Å². The van der Waals surface area contributed by atoms with Gasteiger partial charge in [0, 0.05) is 12.6 Å². The monoisotopic (exact) mass is 198 g/mol. The van der Waals surface area contributed by atoms with E-state index in [0.717, 1.165) is 19.8 Å². The first-order chi connectivity index (χ1) is 6.86. The van der Waals surface area contributed by atoms with Gasteiger partial charge in [0.05, 0.1) is 19.3 Å². The molecule has 2 saturated heterocycles. The second-order valence-electron chi connectivity index (χ2n) is 4.59. The number of nitrogens with one attached hydrogen (secondary N) is 1. The highest BCUT2D eigenvalue weighted by atomic mass is 16.5. The van der Waals surface area contributed by atoms with E-state index in [9.17, 15) is 0 Å². The van der Waals surface area contributed by atoms with Gasteiger partial charge in [-0.1, -0.05) is 6.42 Å². The summed E-state index contributed by atoms with van der Waals surface area (Å²) in [5.74, 6) is 0. The predicted octanol–water partition coefficient (Wildman–Crippen LogP) is 0.849. The van der Waals surface area contributed by atoms with Crippen LogP contribution in [0.4, 0.5) is 0 Å². The lowest BCUT2D eigenvalue weighted by atomic mass is 10.1. The molecule has 14 heavy (non-hydrogen) atoms. The van der Waals surface area contributed by atoms with Crippen molar-refractivity contribution < 1.29 is 4.74 Å². The van der Waals surface area contributed by atoms with Gasteiger partial charge in [-0.2, -0.15) is 0 Å². The Labute approximate surface area is 86.8 Å². The molecule has 0 aromatic rings. The Morgan fingerprint density at radius 2 is 2.00 bits per heavy atom. The average molecular weight is 198 g/mol. The van der Waals surface area contributed by atoms with Crippen LogP contribution in [0.5, 0.6) is 0 Å². The van der Waals surface area contributed by atoms with Crippen molar-refractivity contribution in [3.63, 3.8) is 0 Å². The van der Waals surface area contributed by atoms with Crippen LogP contribution in [0.3, 0.4) is 0 Å². The number of piperidine rings is 1. The Bertz CT molecular complexity index is 165. The van der Waals surface area contributed by atoms with E-state index in [1.807, 2.05) is 0 Å². The van der Waals surface area contributed by atoms with Crippen molar-refractivity contribution in [1.29, 1.82) is 0 Å². The summed E-state index contributed by atoms with van der Waals surface area (Å²) in [5, 5.41) is 3.55. The van der Waals surface area contributed by atoms with Gasteiger partial charge in [0.15, 0.2) is 0 Å². The van der Waals surface area contributed by atoms with E-state index in [1.165, 1.54) is 32.4 Å². The first-order valence-electron chi connectivity index (χ1n) is 5.91. The van der Waals surface area contributed by atoms with Gasteiger partial charge in [0.25, 0.3) is 0 Å². The normalized spacial score (nSPS) is 27.2. The molecule has 0 aliphatic carbocycles. The van der Waals surface area contributed by atoms with E-state index < -0.39 is 0 Å². The highest BCUT2D eigenvalue weighted by molar-refractivity contribution is 4.78. The Kier molecular flexibility index (Phi) is 3.79. The quantitative estimate of drug-likeness (QED) is 0.725. The minimum Gasteiger partial charge on any atom is -0.378 e. The summed E-state index contributed by atoms with van der Waals surface area (Å²) in [6.07, 6.45) is 4.20. The second-order valence-corrected chi connectivity index (χ2v) is 4.59. The van der Waals surface area contributed by atoms with Crippen LogP contribution in [0.1, 0.15) is 26.2 Å². The fourth-order valence-electron chi connectivity index (χ4n) is 2.18. The van der Waals surface area contributed by atoms with Crippen molar-refractivity contribution in [2.75, 3.05) is 32.8 Å². The second kappa shape index (κ2) is 5.10. The van der Waals surface area contributed by atoms with Gasteiger partial charge in [0.2, 0.25) is 0 Å². The smallest absolute Gasteiger partial charge is 0.0643 e. The molecule has 0 aromatic heterocycles. The number of nitrogens with zero attached hydrogens (tertiary/aromatic N) is 1. The molecule has 0 aromatic carbocycles. The molecule has 3 heteroatoms. The van der Waals surface area contributed by atoms with Crippen LogP contribution in [-0.2, 0) is 4.74 Å². The lowest BCUT2D eigenvalue weighted by Crippen LogP contribution is -2.51. The largest absolute Gasteiger partial charge is 0.378 e. The highest BCUT2D eigenvalue weighted by Gasteiger charge is 2.21.